The molecule has 2 rings (SSSR count). The summed E-state index contributed by atoms with van der Waals surface area (Å²) in [5.41, 5.74) is 2.39. The van der Waals surface area contributed by atoms with Crippen molar-refractivity contribution < 1.29 is 9.90 Å². The van der Waals surface area contributed by atoms with E-state index in [0.717, 1.165) is 11.4 Å². The first-order chi connectivity index (χ1) is 9.97. The number of amides is 1. The van der Waals surface area contributed by atoms with Crippen LogP contribution in [0.4, 0.5) is 5.69 Å². The summed E-state index contributed by atoms with van der Waals surface area (Å²) in [7, 11) is 0. The van der Waals surface area contributed by atoms with E-state index in [1.165, 1.54) is 0 Å². The zero-order valence-electron chi connectivity index (χ0n) is 12.6. The number of rotatable bonds is 5. The summed E-state index contributed by atoms with van der Waals surface area (Å²) in [6.45, 7) is 5.69. The van der Waals surface area contributed by atoms with Gasteiger partial charge in [-0.3, -0.25) is 4.79 Å². The second-order valence-electron chi connectivity index (χ2n) is 5.48. The quantitative estimate of drug-likeness (QED) is 0.888. The van der Waals surface area contributed by atoms with Crippen molar-refractivity contribution >= 4 is 11.6 Å². The molecule has 1 aromatic heterocycles. The number of nitrogens with one attached hydrogen (secondary N) is 1. The van der Waals surface area contributed by atoms with Crippen LogP contribution in [-0.2, 0) is 4.79 Å². The smallest absolute Gasteiger partial charge is 0.227 e. The molecule has 0 fully saturated rings. The fourth-order valence-corrected chi connectivity index (χ4v) is 1.96. The SMILES string of the molecule is Cc1ccn(-c2ccccc2NC(=O)CC(O)C(C)C)n1. The number of carbonyl (C=O) groups excluding carboxylic acids is 1. The molecule has 0 saturated carbocycles. The zero-order valence-corrected chi connectivity index (χ0v) is 12.6. The number of aryl methyl sites for hydroxylation is 1. The third kappa shape index (κ3) is 3.92. The van der Waals surface area contributed by atoms with Gasteiger partial charge in [-0.2, -0.15) is 5.10 Å². The molecule has 0 aliphatic heterocycles. The number of aromatic nitrogens is 2. The first-order valence-corrected chi connectivity index (χ1v) is 7.07. The van der Waals surface area contributed by atoms with E-state index in [-0.39, 0.29) is 18.2 Å². The van der Waals surface area contributed by atoms with Crippen LogP contribution < -0.4 is 5.32 Å². The Hall–Kier alpha value is -2.14. The zero-order chi connectivity index (χ0) is 15.4. The molecule has 2 N–H and O–H groups in total. The Morgan fingerprint density at radius 3 is 2.67 bits per heavy atom. The van der Waals surface area contributed by atoms with E-state index in [1.807, 2.05) is 57.3 Å². The van der Waals surface area contributed by atoms with Gasteiger partial charge in [0, 0.05) is 6.20 Å². The number of hydrogen-bond acceptors (Lipinski definition) is 3. The number of nitrogens with zero attached hydrogens (tertiary/aromatic N) is 2. The summed E-state index contributed by atoms with van der Waals surface area (Å²) in [5.74, 6) is -0.146. The molecular weight excluding hydrogens is 266 g/mol. The number of carbonyl (C=O) groups is 1. The molecule has 0 bridgehead atoms. The van der Waals surface area contributed by atoms with Crippen molar-refractivity contribution in [2.45, 2.75) is 33.3 Å². The predicted molar refractivity (Wildman–Crippen MR) is 82.4 cm³/mol. The summed E-state index contributed by atoms with van der Waals surface area (Å²) in [6.07, 6.45) is 1.30. The fraction of sp³-hybridized carbons (Fsp3) is 0.375. The van der Waals surface area contributed by atoms with Gasteiger partial charge in [0.15, 0.2) is 0 Å². The highest BCUT2D eigenvalue weighted by Gasteiger charge is 2.15. The minimum atomic E-state index is -0.635. The number of para-hydroxylation sites is 2. The van der Waals surface area contributed by atoms with Crippen LogP contribution in [0.25, 0.3) is 5.69 Å². The van der Waals surface area contributed by atoms with Crippen LogP contribution in [0.1, 0.15) is 26.0 Å². The number of hydrogen-bond donors (Lipinski definition) is 2. The van der Waals surface area contributed by atoms with Crippen molar-refractivity contribution in [3.05, 3.63) is 42.2 Å². The molecule has 1 atom stereocenters. The van der Waals surface area contributed by atoms with Gasteiger partial charge in [0.2, 0.25) is 5.91 Å². The Labute approximate surface area is 124 Å². The number of aliphatic hydroxyl groups is 1. The molecule has 1 aromatic carbocycles. The summed E-state index contributed by atoms with van der Waals surface area (Å²) >= 11 is 0. The van der Waals surface area contributed by atoms with E-state index < -0.39 is 6.10 Å². The van der Waals surface area contributed by atoms with E-state index >= 15 is 0 Å². The van der Waals surface area contributed by atoms with Crippen molar-refractivity contribution in [2.24, 2.45) is 5.92 Å². The van der Waals surface area contributed by atoms with Crippen LogP contribution in [0.2, 0.25) is 0 Å². The number of aliphatic hydroxyl groups excluding tert-OH is 1. The molecule has 112 valence electrons. The van der Waals surface area contributed by atoms with Gasteiger partial charge in [-0.15, -0.1) is 0 Å². The molecule has 1 heterocycles. The average molecular weight is 287 g/mol. The molecule has 0 aliphatic rings. The van der Waals surface area contributed by atoms with Crippen molar-refractivity contribution in [3.63, 3.8) is 0 Å². The van der Waals surface area contributed by atoms with Crippen LogP contribution in [0.15, 0.2) is 36.5 Å². The first-order valence-electron chi connectivity index (χ1n) is 7.07. The van der Waals surface area contributed by atoms with E-state index in [2.05, 4.69) is 10.4 Å². The molecule has 21 heavy (non-hydrogen) atoms. The van der Waals surface area contributed by atoms with Crippen molar-refractivity contribution in [3.8, 4) is 5.69 Å². The van der Waals surface area contributed by atoms with E-state index in [0.29, 0.717) is 5.69 Å². The highest BCUT2D eigenvalue weighted by molar-refractivity contribution is 5.93. The summed E-state index contributed by atoms with van der Waals surface area (Å²) in [5, 5.41) is 17.0. The van der Waals surface area contributed by atoms with Crippen LogP contribution in [-0.4, -0.2) is 26.9 Å². The number of benzene rings is 1. The van der Waals surface area contributed by atoms with Gasteiger partial charge in [-0.1, -0.05) is 26.0 Å². The van der Waals surface area contributed by atoms with Gasteiger partial charge in [-0.25, -0.2) is 4.68 Å². The molecule has 0 aliphatic carbocycles. The molecule has 0 radical (unpaired) electrons. The van der Waals surface area contributed by atoms with Crippen molar-refractivity contribution in [1.29, 1.82) is 0 Å². The summed E-state index contributed by atoms with van der Waals surface area (Å²) in [6, 6.07) is 9.37. The van der Waals surface area contributed by atoms with Gasteiger partial charge < -0.3 is 10.4 Å². The van der Waals surface area contributed by atoms with E-state index in [1.54, 1.807) is 4.68 Å². The molecule has 5 nitrogen and oxygen atoms in total. The lowest BCUT2D eigenvalue weighted by molar-refractivity contribution is -0.118. The normalized spacial score (nSPS) is 12.4. The molecule has 5 heteroatoms. The molecule has 2 aromatic rings. The summed E-state index contributed by atoms with van der Waals surface area (Å²) < 4.78 is 1.73. The van der Waals surface area contributed by atoms with Crippen LogP contribution in [0.5, 0.6) is 0 Å². The van der Waals surface area contributed by atoms with Gasteiger partial charge >= 0.3 is 0 Å². The van der Waals surface area contributed by atoms with Gasteiger partial charge in [-0.05, 0) is 31.0 Å². The predicted octanol–water partition coefficient (Wildman–Crippen LogP) is 2.53. The van der Waals surface area contributed by atoms with E-state index in [9.17, 15) is 9.90 Å². The molecule has 1 amide bonds. The second-order valence-corrected chi connectivity index (χ2v) is 5.48. The fourth-order valence-electron chi connectivity index (χ4n) is 1.96. The minimum absolute atomic E-state index is 0.0553. The first kappa shape index (κ1) is 15.3. The maximum absolute atomic E-state index is 12.0. The van der Waals surface area contributed by atoms with Crippen molar-refractivity contribution in [1.82, 2.24) is 9.78 Å². The van der Waals surface area contributed by atoms with Crippen LogP contribution >= 0.6 is 0 Å². The monoisotopic (exact) mass is 287 g/mol. The Morgan fingerprint density at radius 1 is 1.33 bits per heavy atom. The Balaban J connectivity index is 2.16. The largest absolute Gasteiger partial charge is 0.392 e. The summed E-state index contributed by atoms with van der Waals surface area (Å²) in [4.78, 5) is 12.0. The average Bonchev–Trinajstić information content (AvgIpc) is 2.85. The molecule has 0 spiro atoms. The van der Waals surface area contributed by atoms with Crippen LogP contribution in [0.3, 0.4) is 0 Å². The molecule has 0 saturated heterocycles. The second kappa shape index (κ2) is 6.54. The van der Waals surface area contributed by atoms with Crippen molar-refractivity contribution in [2.75, 3.05) is 5.32 Å². The Kier molecular flexibility index (Phi) is 4.75. The maximum atomic E-state index is 12.0. The van der Waals surface area contributed by atoms with Gasteiger partial charge in [0.1, 0.15) is 0 Å². The standard InChI is InChI=1S/C16H21N3O2/c1-11(2)15(20)10-16(21)17-13-6-4-5-7-14(13)19-9-8-12(3)18-19/h4-9,11,15,20H,10H2,1-3H3,(H,17,21). The van der Waals surface area contributed by atoms with Gasteiger partial charge in [0.05, 0.1) is 29.6 Å². The van der Waals surface area contributed by atoms with Gasteiger partial charge in [0.25, 0.3) is 0 Å². The van der Waals surface area contributed by atoms with E-state index in [4.69, 9.17) is 0 Å². The maximum Gasteiger partial charge on any atom is 0.227 e. The number of anilines is 1. The lowest BCUT2D eigenvalue weighted by Crippen LogP contribution is -2.24. The highest BCUT2D eigenvalue weighted by atomic mass is 16.3. The molecule has 1 unspecified atom stereocenters. The Morgan fingerprint density at radius 2 is 2.05 bits per heavy atom. The third-order valence-corrected chi connectivity index (χ3v) is 3.31. The Bertz CT molecular complexity index is 619. The highest BCUT2D eigenvalue weighted by Crippen LogP contribution is 2.20. The topological polar surface area (TPSA) is 67.2 Å². The molecular formula is C16H21N3O2. The third-order valence-electron chi connectivity index (χ3n) is 3.31. The lowest BCUT2D eigenvalue weighted by atomic mass is 10.0. The van der Waals surface area contributed by atoms with Crippen LogP contribution in [0, 0.1) is 12.8 Å². The lowest BCUT2D eigenvalue weighted by Gasteiger charge is -2.15. The minimum Gasteiger partial charge on any atom is -0.392 e.